The number of methoxy groups -OCH3 is 1. The summed E-state index contributed by atoms with van der Waals surface area (Å²) in [6.07, 6.45) is 0.413. The summed E-state index contributed by atoms with van der Waals surface area (Å²) in [4.78, 5) is 28.7. The number of nitrogens with zero attached hydrogens (tertiary/aromatic N) is 4. The van der Waals surface area contributed by atoms with Gasteiger partial charge in [-0.15, -0.1) is 5.10 Å². The van der Waals surface area contributed by atoms with Crippen LogP contribution in [0.25, 0.3) is 11.0 Å². The predicted octanol–water partition coefficient (Wildman–Crippen LogP) is 3.61. The molecular formula is C27H27N5O5. The fourth-order valence-electron chi connectivity index (χ4n) is 4.30. The number of amides is 2. The summed E-state index contributed by atoms with van der Waals surface area (Å²) in [6.45, 7) is 2.21. The lowest BCUT2D eigenvalue weighted by Crippen LogP contribution is -2.47. The van der Waals surface area contributed by atoms with Crippen LogP contribution in [-0.4, -0.2) is 51.7 Å². The highest BCUT2D eigenvalue weighted by Gasteiger charge is 2.30. The second-order valence-corrected chi connectivity index (χ2v) is 8.59. The highest BCUT2D eigenvalue weighted by atomic mass is 16.7. The van der Waals surface area contributed by atoms with E-state index >= 15 is 0 Å². The largest absolute Gasteiger partial charge is 0.497 e. The van der Waals surface area contributed by atoms with Crippen molar-refractivity contribution < 1.29 is 23.8 Å². The van der Waals surface area contributed by atoms with E-state index < -0.39 is 6.04 Å². The lowest BCUT2D eigenvalue weighted by Gasteiger charge is -2.30. The van der Waals surface area contributed by atoms with Gasteiger partial charge in [0.2, 0.25) is 18.6 Å². The smallest absolute Gasteiger partial charge is 0.247 e. The molecule has 1 N–H and O–H groups in total. The zero-order valence-electron chi connectivity index (χ0n) is 20.6. The summed E-state index contributed by atoms with van der Waals surface area (Å²) in [7, 11) is 1.60. The molecule has 0 saturated heterocycles. The van der Waals surface area contributed by atoms with E-state index in [-0.39, 0.29) is 31.7 Å². The summed E-state index contributed by atoms with van der Waals surface area (Å²) < 4.78 is 17.6. The molecule has 3 aromatic carbocycles. The summed E-state index contributed by atoms with van der Waals surface area (Å²) in [5.74, 6) is 1.35. The Morgan fingerprint density at radius 3 is 2.65 bits per heavy atom. The molecule has 1 aromatic heterocycles. The molecule has 0 bridgehead atoms. The maximum Gasteiger partial charge on any atom is 0.247 e. The second kappa shape index (κ2) is 10.6. The molecule has 1 unspecified atom stereocenters. The number of anilines is 1. The van der Waals surface area contributed by atoms with Crippen LogP contribution in [0.1, 0.15) is 18.9 Å². The molecule has 0 spiro atoms. The number of hydrogen-bond acceptors (Lipinski definition) is 7. The summed E-state index contributed by atoms with van der Waals surface area (Å²) in [5, 5.41) is 11.2. The molecule has 1 aliphatic heterocycles. The van der Waals surface area contributed by atoms with Crippen molar-refractivity contribution in [3.8, 4) is 17.2 Å². The third-order valence-corrected chi connectivity index (χ3v) is 6.24. The maximum atomic E-state index is 13.7. The van der Waals surface area contributed by atoms with Gasteiger partial charge in [0.1, 0.15) is 23.9 Å². The van der Waals surface area contributed by atoms with Gasteiger partial charge in [-0.3, -0.25) is 9.59 Å². The zero-order chi connectivity index (χ0) is 25.8. The molecule has 5 rings (SSSR count). The van der Waals surface area contributed by atoms with Gasteiger partial charge < -0.3 is 24.4 Å². The molecule has 4 aromatic rings. The van der Waals surface area contributed by atoms with E-state index in [1.165, 1.54) is 0 Å². The number of nitrogens with one attached hydrogen (secondary N) is 1. The Morgan fingerprint density at radius 2 is 1.86 bits per heavy atom. The quantitative estimate of drug-likeness (QED) is 0.373. The Bertz CT molecular complexity index is 1420. The molecule has 0 aliphatic carbocycles. The van der Waals surface area contributed by atoms with Crippen LogP contribution in [0.2, 0.25) is 0 Å². The van der Waals surface area contributed by atoms with Gasteiger partial charge in [-0.2, -0.15) is 0 Å². The van der Waals surface area contributed by atoms with Gasteiger partial charge in [0.05, 0.1) is 12.6 Å². The van der Waals surface area contributed by atoms with E-state index in [1.807, 2.05) is 55.5 Å². The van der Waals surface area contributed by atoms with E-state index in [1.54, 1.807) is 34.9 Å². The lowest BCUT2D eigenvalue weighted by atomic mass is 10.1. The van der Waals surface area contributed by atoms with Gasteiger partial charge >= 0.3 is 0 Å². The molecule has 2 heterocycles. The molecule has 37 heavy (non-hydrogen) atoms. The monoisotopic (exact) mass is 501 g/mol. The van der Waals surface area contributed by atoms with Crippen molar-refractivity contribution in [2.24, 2.45) is 0 Å². The number of rotatable bonds is 9. The summed E-state index contributed by atoms with van der Waals surface area (Å²) >= 11 is 0. The molecule has 10 heteroatoms. The standard InChI is InChI=1S/C27H27N5O5/c1-3-22(27(34)28-19-10-13-24-25(14-19)37-17-36-24)31(15-18-8-11-20(35-2)12-9-18)26(33)16-32-23-7-5-4-6-21(23)29-30-32/h4-14,22H,3,15-17H2,1-2H3,(H,28,34). The first kappa shape index (κ1) is 24.1. The number of para-hydroxylation sites is 1. The number of ether oxygens (including phenoxy) is 3. The topological polar surface area (TPSA) is 108 Å². The number of carbonyl (C=O) groups excluding carboxylic acids is 2. The fourth-order valence-corrected chi connectivity index (χ4v) is 4.30. The van der Waals surface area contributed by atoms with E-state index in [9.17, 15) is 9.59 Å². The number of hydrogen-bond donors (Lipinski definition) is 1. The van der Waals surface area contributed by atoms with Crippen LogP contribution >= 0.6 is 0 Å². The lowest BCUT2D eigenvalue weighted by molar-refractivity contribution is -0.140. The van der Waals surface area contributed by atoms with Crippen molar-refractivity contribution in [3.63, 3.8) is 0 Å². The minimum absolute atomic E-state index is 0.0511. The van der Waals surface area contributed by atoms with Crippen molar-refractivity contribution in [3.05, 3.63) is 72.3 Å². The van der Waals surface area contributed by atoms with Gasteiger partial charge in [-0.05, 0) is 48.4 Å². The Balaban J connectivity index is 1.40. The minimum Gasteiger partial charge on any atom is -0.497 e. The van der Waals surface area contributed by atoms with Gasteiger partial charge in [-0.1, -0.05) is 36.4 Å². The highest BCUT2D eigenvalue weighted by molar-refractivity contribution is 5.97. The van der Waals surface area contributed by atoms with Crippen LogP contribution in [0, 0.1) is 0 Å². The summed E-state index contributed by atoms with van der Waals surface area (Å²) in [6, 6.07) is 19.3. The Morgan fingerprint density at radius 1 is 1.08 bits per heavy atom. The second-order valence-electron chi connectivity index (χ2n) is 8.59. The number of aromatic nitrogens is 3. The Kier molecular flexibility index (Phi) is 6.89. The van der Waals surface area contributed by atoms with E-state index in [4.69, 9.17) is 14.2 Å². The SMILES string of the molecule is CCC(C(=O)Nc1ccc2c(c1)OCO2)N(Cc1ccc(OC)cc1)C(=O)Cn1nnc2ccccc21. The molecule has 0 saturated carbocycles. The van der Waals surface area contributed by atoms with Gasteiger partial charge in [0.25, 0.3) is 0 Å². The van der Waals surface area contributed by atoms with Crippen LogP contribution in [0.5, 0.6) is 17.2 Å². The van der Waals surface area contributed by atoms with Crippen LogP contribution in [0.15, 0.2) is 66.7 Å². The average molecular weight is 502 g/mol. The Labute approximate surface area is 213 Å². The van der Waals surface area contributed by atoms with Crippen LogP contribution in [0.3, 0.4) is 0 Å². The fraction of sp³-hybridized carbons (Fsp3) is 0.259. The van der Waals surface area contributed by atoms with Crippen LogP contribution < -0.4 is 19.5 Å². The Hall–Kier alpha value is -4.60. The third-order valence-electron chi connectivity index (χ3n) is 6.24. The van der Waals surface area contributed by atoms with Gasteiger partial charge in [-0.25, -0.2) is 4.68 Å². The maximum absolute atomic E-state index is 13.7. The van der Waals surface area contributed by atoms with Crippen LogP contribution in [-0.2, 0) is 22.7 Å². The molecule has 1 atom stereocenters. The van der Waals surface area contributed by atoms with E-state index in [0.717, 1.165) is 11.1 Å². The highest BCUT2D eigenvalue weighted by Crippen LogP contribution is 2.34. The van der Waals surface area contributed by atoms with Gasteiger partial charge in [0, 0.05) is 18.3 Å². The number of fused-ring (bicyclic) bond motifs is 2. The first-order valence-electron chi connectivity index (χ1n) is 12.0. The minimum atomic E-state index is -0.727. The first-order valence-corrected chi connectivity index (χ1v) is 12.0. The normalized spacial score (nSPS) is 12.8. The molecule has 0 radical (unpaired) electrons. The zero-order valence-corrected chi connectivity index (χ0v) is 20.6. The molecule has 1 aliphatic rings. The van der Waals surface area contributed by atoms with Crippen molar-refractivity contribution in [1.29, 1.82) is 0 Å². The van der Waals surface area contributed by atoms with E-state index in [0.29, 0.717) is 34.9 Å². The third kappa shape index (κ3) is 5.18. The van der Waals surface area contributed by atoms with Crippen molar-refractivity contribution in [2.45, 2.75) is 32.5 Å². The summed E-state index contributed by atoms with van der Waals surface area (Å²) in [5.41, 5.74) is 2.88. The van der Waals surface area contributed by atoms with Crippen molar-refractivity contribution >= 4 is 28.5 Å². The number of benzene rings is 3. The number of carbonyl (C=O) groups is 2. The van der Waals surface area contributed by atoms with Crippen LogP contribution in [0.4, 0.5) is 5.69 Å². The van der Waals surface area contributed by atoms with Crippen molar-refractivity contribution in [1.82, 2.24) is 19.9 Å². The van der Waals surface area contributed by atoms with Crippen molar-refractivity contribution in [2.75, 3.05) is 19.2 Å². The molecule has 190 valence electrons. The molecule has 2 amide bonds. The molecular weight excluding hydrogens is 474 g/mol. The molecule has 10 nitrogen and oxygen atoms in total. The average Bonchev–Trinajstić information content (AvgIpc) is 3.55. The molecule has 0 fully saturated rings. The predicted molar refractivity (Wildman–Crippen MR) is 136 cm³/mol. The first-order chi connectivity index (χ1) is 18.1. The van der Waals surface area contributed by atoms with Gasteiger partial charge in [0.15, 0.2) is 11.5 Å². The van der Waals surface area contributed by atoms with E-state index in [2.05, 4.69) is 15.6 Å².